The lowest BCUT2D eigenvalue weighted by atomic mass is 9.84. The average Bonchev–Trinajstić information content (AvgIpc) is 2.83. The van der Waals surface area contributed by atoms with E-state index in [0.29, 0.717) is 48.7 Å². The van der Waals surface area contributed by atoms with Crippen LogP contribution < -0.4 is 9.47 Å². The Morgan fingerprint density at radius 1 is 0.576 bits per heavy atom. The third kappa shape index (κ3) is 6.94. The molecule has 0 aliphatic heterocycles. The minimum atomic E-state index is -0.296. The van der Waals surface area contributed by atoms with Crippen LogP contribution in [0.25, 0.3) is 11.1 Å². The van der Waals surface area contributed by atoms with Crippen LogP contribution in [0.5, 0.6) is 11.5 Å². The second kappa shape index (κ2) is 13.6. The second-order valence-electron chi connectivity index (χ2n) is 9.19. The minimum Gasteiger partial charge on any atom is -0.491 e. The molecule has 0 saturated heterocycles. The van der Waals surface area contributed by atoms with Crippen LogP contribution in [-0.2, 0) is 12.8 Å². The summed E-state index contributed by atoms with van der Waals surface area (Å²) in [5, 5.41) is 0. The summed E-state index contributed by atoms with van der Waals surface area (Å²) in [6.07, 6.45) is 13.6. The van der Waals surface area contributed by atoms with Gasteiger partial charge in [-0.25, -0.2) is 8.78 Å². The number of unbranched alkanes of at least 4 members (excludes halogenated alkanes) is 9. The van der Waals surface area contributed by atoms with Crippen molar-refractivity contribution in [3.63, 3.8) is 0 Å². The number of hydrogen-bond acceptors (Lipinski definition) is 2. The van der Waals surface area contributed by atoms with E-state index >= 15 is 8.78 Å². The van der Waals surface area contributed by atoms with E-state index in [0.717, 1.165) is 36.8 Å². The van der Waals surface area contributed by atoms with Crippen LogP contribution in [0.1, 0.15) is 95.6 Å². The molecular formula is C29H40F2O2. The molecule has 0 radical (unpaired) electrons. The van der Waals surface area contributed by atoms with E-state index in [1.54, 1.807) is 12.1 Å². The smallest absolute Gasteiger partial charge is 0.168 e. The van der Waals surface area contributed by atoms with Gasteiger partial charge in [0, 0.05) is 0 Å². The van der Waals surface area contributed by atoms with Crippen molar-refractivity contribution >= 4 is 0 Å². The highest BCUT2D eigenvalue weighted by Gasteiger charge is 2.25. The largest absolute Gasteiger partial charge is 0.491 e. The molecule has 0 N–H and O–H groups in total. The van der Waals surface area contributed by atoms with Crippen molar-refractivity contribution < 1.29 is 18.3 Å². The Bertz CT molecular complexity index is 878. The maximum Gasteiger partial charge on any atom is 0.168 e. The van der Waals surface area contributed by atoms with Crippen LogP contribution in [0, 0.1) is 11.6 Å². The van der Waals surface area contributed by atoms with Crippen LogP contribution >= 0.6 is 0 Å². The molecule has 1 aliphatic carbocycles. The molecular weight excluding hydrogens is 418 g/mol. The molecule has 1 aliphatic rings. The first-order chi connectivity index (χ1) is 16.2. The zero-order valence-electron chi connectivity index (χ0n) is 20.5. The van der Waals surface area contributed by atoms with Crippen molar-refractivity contribution in [3.05, 3.63) is 47.0 Å². The summed E-state index contributed by atoms with van der Waals surface area (Å²) < 4.78 is 41.8. The number of halogens is 2. The van der Waals surface area contributed by atoms with Crippen molar-refractivity contribution in [2.75, 3.05) is 13.2 Å². The fraction of sp³-hybridized carbons (Fsp3) is 0.586. The number of ether oxygens (including phenoxy) is 2. The molecule has 4 heteroatoms. The summed E-state index contributed by atoms with van der Waals surface area (Å²) in [5.74, 6) is 0.0359. The van der Waals surface area contributed by atoms with E-state index in [-0.39, 0.29) is 11.6 Å². The molecule has 182 valence electrons. The van der Waals surface area contributed by atoms with Gasteiger partial charge in [0.1, 0.15) is 0 Å². The van der Waals surface area contributed by atoms with E-state index < -0.39 is 0 Å². The molecule has 0 aromatic heterocycles. The Morgan fingerprint density at radius 2 is 0.970 bits per heavy atom. The van der Waals surface area contributed by atoms with Gasteiger partial charge in [0.15, 0.2) is 23.1 Å². The lowest BCUT2D eigenvalue weighted by Crippen LogP contribution is -2.11. The van der Waals surface area contributed by atoms with Gasteiger partial charge in [-0.05, 0) is 60.1 Å². The number of rotatable bonds is 15. The maximum absolute atomic E-state index is 15.2. The lowest BCUT2D eigenvalue weighted by molar-refractivity contribution is 0.288. The quantitative estimate of drug-likeness (QED) is 0.248. The molecule has 0 unspecified atom stereocenters. The summed E-state index contributed by atoms with van der Waals surface area (Å²) in [4.78, 5) is 0. The first-order valence-electron chi connectivity index (χ1n) is 13.1. The molecule has 2 nitrogen and oxygen atoms in total. The summed E-state index contributed by atoms with van der Waals surface area (Å²) in [5.41, 5.74) is 2.80. The van der Waals surface area contributed by atoms with Crippen molar-refractivity contribution in [1.29, 1.82) is 0 Å². The zero-order chi connectivity index (χ0) is 23.5. The normalized spacial score (nSPS) is 12.4. The predicted octanol–water partition coefficient (Wildman–Crippen LogP) is 8.82. The minimum absolute atomic E-state index is 0.294. The number of hydrogen-bond donors (Lipinski definition) is 0. The van der Waals surface area contributed by atoms with E-state index in [1.165, 1.54) is 44.9 Å². The summed E-state index contributed by atoms with van der Waals surface area (Å²) in [6, 6.07) is 7.13. The molecule has 0 spiro atoms. The topological polar surface area (TPSA) is 18.5 Å². The van der Waals surface area contributed by atoms with Crippen molar-refractivity contribution in [2.24, 2.45) is 0 Å². The molecule has 3 rings (SSSR count). The van der Waals surface area contributed by atoms with Crippen molar-refractivity contribution in [1.82, 2.24) is 0 Å². The molecule has 0 fully saturated rings. The Labute approximate surface area is 198 Å². The summed E-state index contributed by atoms with van der Waals surface area (Å²) >= 11 is 0. The van der Waals surface area contributed by atoms with Gasteiger partial charge in [0.2, 0.25) is 0 Å². The number of benzene rings is 2. The van der Waals surface area contributed by atoms with Crippen LogP contribution in [0.3, 0.4) is 0 Å². The maximum atomic E-state index is 15.2. The zero-order valence-corrected chi connectivity index (χ0v) is 20.5. The van der Waals surface area contributed by atoms with Crippen LogP contribution in [0.15, 0.2) is 24.3 Å². The van der Waals surface area contributed by atoms with Gasteiger partial charge in [-0.15, -0.1) is 0 Å². The first-order valence-corrected chi connectivity index (χ1v) is 13.1. The average molecular weight is 459 g/mol. The SMILES string of the molecule is CCCCCCCCOc1ccc2c(c1F)CCc1c-2ccc(OCCCCCCC)c1F. The highest BCUT2D eigenvalue weighted by molar-refractivity contribution is 5.75. The predicted molar refractivity (Wildman–Crippen MR) is 132 cm³/mol. The fourth-order valence-corrected chi connectivity index (χ4v) is 4.62. The molecule has 0 heterocycles. The standard InChI is InChI=1S/C29H40F2O2/c1-3-5-7-9-11-13-21-33-27-19-17-23-22-16-18-26(32-20-12-10-8-6-4-2)28(30)24(22)14-15-25(23)29(27)31/h16-19H,3-15,20-21H2,1-2H3. The lowest BCUT2D eigenvalue weighted by Gasteiger charge is -2.23. The third-order valence-electron chi connectivity index (χ3n) is 6.59. The van der Waals surface area contributed by atoms with E-state index in [2.05, 4.69) is 13.8 Å². The van der Waals surface area contributed by atoms with Gasteiger partial charge >= 0.3 is 0 Å². The van der Waals surface area contributed by atoms with Crippen LogP contribution in [0.4, 0.5) is 8.78 Å². The fourth-order valence-electron chi connectivity index (χ4n) is 4.62. The van der Waals surface area contributed by atoms with E-state index in [4.69, 9.17) is 9.47 Å². The van der Waals surface area contributed by atoms with Crippen molar-refractivity contribution in [2.45, 2.75) is 97.3 Å². The van der Waals surface area contributed by atoms with Gasteiger partial charge in [-0.3, -0.25) is 0 Å². The molecule has 0 saturated carbocycles. The molecule has 2 aromatic rings. The van der Waals surface area contributed by atoms with Crippen molar-refractivity contribution in [3.8, 4) is 22.6 Å². The van der Waals surface area contributed by atoms with Gasteiger partial charge in [0.05, 0.1) is 13.2 Å². The van der Waals surface area contributed by atoms with E-state index in [9.17, 15) is 0 Å². The van der Waals surface area contributed by atoms with Gasteiger partial charge in [-0.1, -0.05) is 83.8 Å². The Kier molecular flexibility index (Phi) is 10.5. The molecule has 0 bridgehead atoms. The Hall–Kier alpha value is -2.10. The van der Waals surface area contributed by atoms with Gasteiger partial charge < -0.3 is 9.47 Å². The molecule has 33 heavy (non-hydrogen) atoms. The molecule has 0 atom stereocenters. The Morgan fingerprint density at radius 3 is 1.39 bits per heavy atom. The van der Waals surface area contributed by atoms with Gasteiger partial charge in [0.25, 0.3) is 0 Å². The monoisotopic (exact) mass is 458 g/mol. The summed E-state index contributed by atoms with van der Waals surface area (Å²) in [7, 11) is 0. The Balaban J connectivity index is 1.60. The highest BCUT2D eigenvalue weighted by Crippen LogP contribution is 2.40. The third-order valence-corrected chi connectivity index (χ3v) is 6.59. The molecule has 2 aromatic carbocycles. The van der Waals surface area contributed by atoms with Crippen LogP contribution in [-0.4, -0.2) is 13.2 Å². The highest BCUT2D eigenvalue weighted by atomic mass is 19.1. The van der Waals surface area contributed by atoms with Crippen LogP contribution in [0.2, 0.25) is 0 Å². The number of fused-ring (bicyclic) bond motifs is 3. The second-order valence-corrected chi connectivity index (χ2v) is 9.19. The van der Waals surface area contributed by atoms with Gasteiger partial charge in [-0.2, -0.15) is 0 Å². The van der Waals surface area contributed by atoms with E-state index in [1.807, 2.05) is 12.1 Å². The molecule has 0 amide bonds. The summed E-state index contributed by atoms with van der Waals surface area (Å²) in [6.45, 7) is 5.46. The first kappa shape index (κ1) is 25.5.